The van der Waals surface area contributed by atoms with Crippen LogP contribution in [0.3, 0.4) is 0 Å². The van der Waals surface area contributed by atoms with Gasteiger partial charge in [-0.2, -0.15) is 0 Å². The summed E-state index contributed by atoms with van der Waals surface area (Å²) >= 11 is 0. The molecule has 0 amide bonds. The Kier molecular flexibility index (Phi) is 7.52. The third kappa shape index (κ3) is 5.00. The Bertz CT molecular complexity index is 3550. The molecule has 1 unspecified atom stereocenters. The molecule has 11 aromatic rings. The topological polar surface area (TPSA) is 19.6 Å². The van der Waals surface area contributed by atoms with Crippen LogP contribution in [0.1, 0.15) is 22.5 Å². The molecule has 0 bridgehead atoms. The Labute approximate surface area is 360 Å². The van der Waals surface area contributed by atoms with E-state index in [1.807, 2.05) is 0 Å². The summed E-state index contributed by atoms with van der Waals surface area (Å²) in [5, 5.41) is 5.99. The van der Waals surface area contributed by atoms with Crippen molar-refractivity contribution in [3.63, 3.8) is 0 Å². The molecule has 1 heterocycles. The number of fused-ring (bicyclic) bond motifs is 14. The molecule has 1 aromatic heterocycles. The summed E-state index contributed by atoms with van der Waals surface area (Å²) < 4.78 is 7.20. The van der Waals surface area contributed by atoms with Gasteiger partial charge in [-0.1, -0.05) is 152 Å². The Morgan fingerprint density at radius 3 is 1.48 bits per heavy atom. The number of hydrogen-bond donors (Lipinski definition) is 0. The summed E-state index contributed by atoms with van der Waals surface area (Å²) in [4.78, 5) is 4.78. The molecule has 3 heteroatoms. The summed E-state index contributed by atoms with van der Waals surface area (Å²) in [6.45, 7) is 0. The second-order valence-electron chi connectivity index (χ2n) is 16.5. The average molecular weight is 791 g/mol. The van der Waals surface area contributed by atoms with Gasteiger partial charge >= 0.3 is 0 Å². The van der Waals surface area contributed by atoms with Crippen LogP contribution in [0.2, 0.25) is 0 Å². The van der Waals surface area contributed by atoms with E-state index in [9.17, 15) is 0 Å². The fourth-order valence-corrected chi connectivity index (χ4v) is 10.5. The van der Waals surface area contributed by atoms with Crippen LogP contribution in [0.4, 0.5) is 34.1 Å². The molecule has 2 aliphatic carbocycles. The minimum Gasteiger partial charge on any atom is -0.459 e. The van der Waals surface area contributed by atoms with Gasteiger partial charge in [-0.3, -0.25) is 0 Å². The number of anilines is 6. The smallest absolute Gasteiger partial charge is 0.135 e. The highest BCUT2D eigenvalue weighted by atomic mass is 16.3. The number of rotatable bonds is 6. The maximum atomic E-state index is 7.20. The van der Waals surface area contributed by atoms with Crippen molar-refractivity contribution in [3.8, 4) is 22.3 Å². The van der Waals surface area contributed by atoms with Crippen LogP contribution >= 0.6 is 0 Å². The van der Waals surface area contributed by atoms with Crippen LogP contribution in [0.5, 0.6) is 0 Å². The van der Waals surface area contributed by atoms with E-state index in [2.05, 4.69) is 240 Å². The Balaban J connectivity index is 1.07. The van der Waals surface area contributed by atoms with Crippen molar-refractivity contribution < 1.29 is 4.42 Å². The van der Waals surface area contributed by atoms with Crippen LogP contribution < -0.4 is 9.80 Å². The lowest BCUT2D eigenvalue weighted by atomic mass is 9.73. The highest BCUT2D eigenvalue weighted by Crippen LogP contribution is 2.65. The summed E-state index contributed by atoms with van der Waals surface area (Å²) in [7, 11) is 0. The third-order valence-electron chi connectivity index (χ3n) is 13.2. The molecule has 2 aliphatic rings. The van der Waals surface area contributed by atoms with Gasteiger partial charge in [-0.25, -0.2) is 0 Å². The Hall–Kier alpha value is -8.14. The first kappa shape index (κ1) is 34.7. The number of benzene rings is 10. The minimum atomic E-state index is -0.698. The molecule has 290 valence electrons. The first-order valence-corrected chi connectivity index (χ1v) is 21.3. The highest BCUT2D eigenvalue weighted by molar-refractivity contribution is 6.06. The van der Waals surface area contributed by atoms with Crippen molar-refractivity contribution in [2.75, 3.05) is 9.80 Å². The van der Waals surface area contributed by atoms with Crippen LogP contribution in [0, 0.1) is 0 Å². The summed E-state index contributed by atoms with van der Waals surface area (Å²) in [6.07, 6.45) is 0. The molecule has 1 atom stereocenters. The van der Waals surface area contributed by atoms with Crippen LogP contribution in [0.25, 0.3) is 54.8 Å². The first-order chi connectivity index (χ1) is 30.7. The lowest BCUT2D eigenvalue weighted by Gasteiger charge is -2.31. The number of nitrogens with zero attached hydrogens (tertiary/aromatic N) is 2. The fraction of sp³-hybridized carbons (Fsp3) is 0.0169. The standard InChI is InChI=1S/C59H38N2O/c1-3-19-43(20-4-1)60(45-29-27-39-15-7-9-17-41(39)35-45)47-32-34-54-52(37-47)49-23-11-13-25-53(49)59(54)55-38-48(31-33-50(55)57-51-24-12-14-26-56(51)62-58(57)59)61(44-21-5-2-6-22-44)46-30-28-40-16-8-10-18-42(40)36-46/h1-38H. The molecule has 3 nitrogen and oxygen atoms in total. The molecular formula is C59H38N2O. The molecule has 0 saturated carbocycles. The SMILES string of the molecule is c1ccc(N(c2ccc3c(c2)-c2ccccc2C32c3cc(N(c4ccccc4)c4ccc5ccccc5c4)ccc3-c3c2oc2ccccc32)c2ccc3ccccc3c2)cc1. The van der Waals surface area contributed by atoms with Gasteiger partial charge < -0.3 is 14.2 Å². The van der Waals surface area contributed by atoms with Crippen LogP contribution in [0.15, 0.2) is 235 Å². The van der Waals surface area contributed by atoms with E-state index in [0.717, 1.165) is 50.9 Å². The third-order valence-corrected chi connectivity index (χ3v) is 13.2. The minimum absolute atomic E-state index is 0.698. The normalized spacial score (nSPS) is 14.5. The molecule has 0 fully saturated rings. The number of furan rings is 1. The lowest BCUT2D eigenvalue weighted by Crippen LogP contribution is -2.26. The van der Waals surface area contributed by atoms with Crippen molar-refractivity contribution in [3.05, 3.63) is 253 Å². The molecule has 0 N–H and O–H groups in total. The molecular weight excluding hydrogens is 753 g/mol. The maximum Gasteiger partial charge on any atom is 0.135 e. The van der Waals surface area contributed by atoms with Gasteiger partial charge in [0.2, 0.25) is 0 Å². The second kappa shape index (κ2) is 13.4. The predicted octanol–water partition coefficient (Wildman–Crippen LogP) is 16.0. The zero-order valence-electron chi connectivity index (χ0n) is 33.7. The molecule has 1 spiro atoms. The number of hydrogen-bond acceptors (Lipinski definition) is 3. The van der Waals surface area contributed by atoms with Crippen molar-refractivity contribution in [2.24, 2.45) is 0 Å². The summed E-state index contributed by atoms with van der Waals surface area (Å²) in [5.74, 6) is 0.983. The van der Waals surface area contributed by atoms with Crippen molar-refractivity contribution in [2.45, 2.75) is 5.41 Å². The number of para-hydroxylation sites is 3. The second-order valence-corrected chi connectivity index (χ2v) is 16.5. The zero-order chi connectivity index (χ0) is 40.8. The van der Waals surface area contributed by atoms with E-state index in [4.69, 9.17) is 4.42 Å². The summed E-state index contributed by atoms with van der Waals surface area (Å²) in [5.41, 5.74) is 15.3. The van der Waals surface area contributed by atoms with E-state index in [0.29, 0.717) is 0 Å². The average Bonchev–Trinajstić information content (AvgIpc) is 3.96. The predicted molar refractivity (Wildman–Crippen MR) is 257 cm³/mol. The van der Waals surface area contributed by atoms with Crippen molar-refractivity contribution >= 4 is 66.6 Å². The highest BCUT2D eigenvalue weighted by Gasteiger charge is 2.55. The zero-order valence-corrected chi connectivity index (χ0v) is 33.7. The van der Waals surface area contributed by atoms with Gasteiger partial charge in [0.1, 0.15) is 16.8 Å². The first-order valence-electron chi connectivity index (χ1n) is 21.3. The van der Waals surface area contributed by atoms with E-state index < -0.39 is 5.41 Å². The van der Waals surface area contributed by atoms with Gasteiger partial charge in [0.25, 0.3) is 0 Å². The van der Waals surface area contributed by atoms with E-state index in [-0.39, 0.29) is 0 Å². The fourth-order valence-electron chi connectivity index (χ4n) is 10.5. The van der Waals surface area contributed by atoms with Gasteiger partial charge in [0.05, 0.1) is 0 Å². The maximum absolute atomic E-state index is 7.20. The van der Waals surface area contributed by atoms with Gasteiger partial charge in [0, 0.05) is 45.1 Å². The van der Waals surface area contributed by atoms with Crippen LogP contribution in [-0.2, 0) is 5.41 Å². The largest absolute Gasteiger partial charge is 0.459 e. The monoisotopic (exact) mass is 790 g/mol. The lowest BCUT2D eigenvalue weighted by molar-refractivity contribution is 0.507. The van der Waals surface area contributed by atoms with E-state index in [1.165, 1.54) is 60.5 Å². The molecule has 13 rings (SSSR count). The Morgan fingerprint density at radius 1 is 0.306 bits per heavy atom. The van der Waals surface area contributed by atoms with E-state index in [1.54, 1.807) is 0 Å². The van der Waals surface area contributed by atoms with E-state index >= 15 is 0 Å². The van der Waals surface area contributed by atoms with Gasteiger partial charge in [-0.05, 0) is 134 Å². The Morgan fingerprint density at radius 2 is 0.806 bits per heavy atom. The van der Waals surface area contributed by atoms with Gasteiger partial charge in [0.15, 0.2) is 0 Å². The van der Waals surface area contributed by atoms with Crippen molar-refractivity contribution in [1.29, 1.82) is 0 Å². The van der Waals surface area contributed by atoms with Crippen molar-refractivity contribution in [1.82, 2.24) is 0 Å². The van der Waals surface area contributed by atoms with Crippen LogP contribution in [-0.4, -0.2) is 0 Å². The summed E-state index contributed by atoms with van der Waals surface area (Å²) in [6, 6.07) is 83.8. The molecule has 0 aliphatic heterocycles. The molecule has 0 radical (unpaired) electrons. The van der Waals surface area contributed by atoms with Gasteiger partial charge in [-0.15, -0.1) is 0 Å². The molecule has 62 heavy (non-hydrogen) atoms. The molecule has 10 aromatic carbocycles. The quantitative estimate of drug-likeness (QED) is 0.167. The molecule has 0 saturated heterocycles.